The van der Waals surface area contributed by atoms with Gasteiger partial charge in [-0.3, -0.25) is 9.78 Å². The molecule has 8 nitrogen and oxygen atoms in total. The summed E-state index contributed by atoms with van der Waals surface area (Å²) in [5, 5.41) is 4.07. The summed E-state index contributed by atoms with van der Waals surface area (Å²) in [5.74, 6) is 0.156. The van der Waals surface area contributed by atoms with Gasteiger partial charge in [-0.1, -0.05) is 24.3 Å². The Morgan fingerprint density at radius 2 is 1.72 bits per heavy atom. The van der Waals surface area contributed by atoms with Gasteiger partial charge >= 0.3 is 11.5 Å². The van der Waals surface area contributed by atoms with Gasteiger partial charge in [-0.25, -0.2) is 19.4 Å². The number of hydrazone groups is 1. The van der Waals surface area contributed by atoms with Crippen LogP contribution in [0, 0.1) is 0 Å². The molecule has 3 aromatic heterocycles. The summed E-state index contributed by atoms with van der Waals surface area (Å²) in [7, 11) is 0. The minimum atomic E-state index is -0.373. The SMILES string of the molecule is O=C(N/N=C\c1c(-[n+]2ccccc2)[nH]c(=O)n1-c1ccccc1)c1ccncc1. The van der Waals surface area contributed by atoms with Crippen molar-refractivity contribution in [2.75, 3.05) is 0 Å². The van der Waals surface area contributed by atoms with Crippen LogP contribution in [0.4, 0.5) is 0 Å². The maximum absolute atomic E-state index is 12.7. The van der Waals surface area contributed by atoms with Crippen molar-refractivity contribution in [3.63, 3.8) is 0 Å². The Morgan fingerprint density at radius 1 is 1.03 bits per heavy atom. The largest absolute Gasteiger partial charge is 0.418 e. The summed E-state index contributed by atoms with van der Waals surface area (Å²) in [5.41, 5.74) is 3.77. The monoisotopic (exact) mass is 385 g/mol. The van der Waals surface area contributed by atoms with Crippen molar-refractivity contribution < 1.29 is 9.36 Å². The maximum atomic E-state index is 12.7. The summed E-state index contributed by atoms with van der Waals surface area (Å²) in [6.07, 6.45) is 8.13. The van der Waals surface area contributed by atoms with E-state index in [2.05, 4.69) is 20.5 Å². The lowest BCUT2D eigenvalue weighted by Gasteiger charge is -2.03. The first-order valence-electron chi connectivity index (χ1n) is 8.84. The summed E-state index contributed by atoms with van der Waals surface area (Å²) in [4.78, 5) is 31.6. The summed E-state index contributed by atoms with van der Waals surface area (Å²) < 4.78 is 3.27. The molecule has 4 aromatic rings. The number of carbonyl (C=O) groups is 1. The molecular formula is C21H17N6O2+. The van der Waals surface area contributed by atoms with E-state index in [9.17, 15) is 9.59 Å². The van der Waals surface area contributed by atoms with Crippen LogP contribution < -0.4 is 15.7 Å². The Morgan fingerprint density at radius 3 is 2.45 bits per heavy atom. The second-order valence-electron chi connectivity index (χ2n) is 6.05. The van der Waals surface area contributed by atoms with E-state index in [-0.39, 0.29) is 11.6 Å². The third-order valence-electron chi connectivity index (χ3n) is 4.20. The highest BCUT2D eigenvalue weighted by molar-refractivity contribution is 5.94. The van der Waals surface area contributed by atoms with Gasteiger partial charge < -0.3 is 0 Å². The molecule has 2 N–H and O–H groups in total. The Hall–Kier alpha value is -4.33. The lowest BCUT2D eigenvalue weighted by atomic mass is 10.3. The van der Waals surface area contributed by atoms with Crippen LogP contribution in [0.5, 0.6) is 0 Å². The number of aromatic nitrogens is 4. The van der Waals surface area contributed by atoms with Crippen LogP contribution in [0.25, 0.3) is 11.5 Å². The molecule has 0 saturated carbocycles. The average Bonchev–Trinajstić information content (AvgIpc) is 3.11. The predicted octanol–water partition coefficient (Wildman–Crippen LogP) is 1.60. The number of hydrogen-bond acceptors (Lipinski definition) is 4. The third kappa shape index (κ3) is 3.86. The Bertz CT molecular complexity index is 1200. The van der Waals surface area contributed by atoms with Crippen molar-refractivity contribution in [2.45, 2.75) is 0 Å². The van der Waals surface area contributed by atoms with E-state index >= 15 is 0 Å². The predicted molar refractivity (Wildman–Crippen MR) is 107 cm³/mol. The van der Waals surface area contributed by atoms with Gasteiger partial charge in [-0.15, -0.1) is 0 Å². The Kier molecular flexibility index (Phi) is 5.06. The minimum absolute atomic E-state index is 0.315. The van der Waals surface area contributed by atoms with E-state index in [1.807, 2.05) is 60.9 Å². The normalized spacial score (nSPS) is 10.9. The maximum Gasteiger partial charge on any atom is 0.418 e. The van der Waals surface area contributed by atoms with E-state index in [1.54, 1.807) is 16.7 Å². The van der Waals surface area contributed by atoms with Crippen LogP contribution in [-0.4, -0.2) is 26.7 Å². The van der Waals surface area contributed by atoms with E-state index in [0.717, 1.165) is 0 Å². The number of hydrogen-bond donors (Lipinski definition) is 2. The number of amides is 1. The molecule has 0 saturated heterocycles. The molecule has 142 valence electrons. The number of rotatable bonds is 5. The van der Waals surface area contributed by atoms with Crippen LogP contribution in [-0.2, 0) is 0 Å². The minimum Gasteiger partial charge on any atom is -0.267 e. The number of H-pyrrole nitrogens is 1. The summed E-state index contributed by atoms with van der Waals surface area (Å²) in [6.45, 7) is 0. The topological polar surface area (TPSA) is 96.0 Å². The molecule has 0 bridgehead atoms. The van der Waals surface area contributed by atoms with Crippen molar-refractivity contribution in [1.82, 2.24) is 20.0 Å². The zero-order valence-electron chi connectivity index (χ0n) is 15.3. The number of imidazole rings is 1. The van der Waals surface area contributed by atoms with Gasteiger partial charge in [0.1, 0.15) is 0 Å². The molecule has 0 atom stereocenters. The zero-order chi connectivity index (χ0) is 20.1. The van der Waals surface area contributed by atoms with E-state index in [1.165, 1.54) is 23.2 Å². The number of benzene rings is 1. The first-order valence-corrected chi connectivity index (χ1v) is 8.84. The van der Waals surface area contributed by atoms with E-state index in [0.29, 0.717) is 22.8 Å². The number of para-hydroxylation sites is 1. The summed E-state index contributed by atoms with van der Waals surface area (Å²) >= 11 is 0. The van der Waals surface area contributed by atoms with Crippen molar-refractivity contribution in [1.29, 1.82) is 0 Å². The molecular weight excluding hydrogens is 368 g/mol. The first kappa shape index (κ1) is 18.1. The van der Waals surface area contributed by atoms with Gasteiger partial charge in [-0.2, -0.15) is 10.1 Å². The van der Waals surface area contributed by atoms with Crippen LogP contribution in [0.3, 0.4) is 0 Å². The molecule has 0 aliphatic heterocycles. The third-order valence-corrected chi connectivity index (χ3v) is 4.20. The van der Waals surface area contributed by atoms with Gasteiger partial charge in [0.25, 0.3) is 5.91 Å². The average molecular weight is 385 g/mol. The zero-order valence-corrected chi connectivity index (χ0v) is 15.3. The lowest BCUT2D eigenvalue weighted by molar-refractivity contribution is -0.599. The molecule has 0 fully saturated rings. The van der Waals surface area contributed by atoms with Gasteiger partial charge in [0.05, 0.1) is 24.3 Å². The molecule has 8 heteroatoms. The standard InChI is InChI=1S/C21H16N6O2/c28-20(16-9-11-22-12-10-16)25-23-15-18-19(26-13-5-2-6-14-26)24-21(29)27(18)17-7-3-1-4-8-17/h1-15H,(H-,22,23,24,25,28,29)/p+1. The molecule has 29 heavy (non-hydrogen) atoms. The Labute approximate surface area is 165 Å². The molecule has 0 aliphatic carbocycles. The quantitative estimate of drug-likeness (QED) is 0.310. The molecule has 4 rings (SSSR count). The van der Waals surface area contributed by atoms with Crippen LogP contribution in [0.15, 0.2) is 95.3 Å². The fourth-order valence-corrected chi connectivity index (χ4v) is 2.85. The summed E-state index contributed by atoms with van der Waals surface area (Å²) in [6, 6.07) is 18.0. The smallest absolute Gasteiger partial charge is 0.267 e. The highest BCUT2D eigenvalue weighted by Crippen LogP contribution is 2.10. The van der Waals surface area contributed by atoms with Crippen molar-refractivity contribution >= 4 is 12.1 Å². The fourth-order valence-electron chi connectivity index (χ4n) is 2.85. The molecule has 3 heterocycles. The van der Waals surface area contributed by atoms with Crippen LogP contribution >= 0.6 is 0 Å². The van der Waals surface area contributed by atoms with E-state index in [4.69, 9.17) is 0 Å². The second kappa shape index (κ2) is 8.13. The second-order valence-corrected chi connectivity index (χ2v) is 6.05. The lowest BCUT2D eigenvalue weighted by Crippen LogP contribution is -2.31. The number of nitrogens with zero attached hydrogens (tertiary/aromatic N) is 4. The van der Waals surface area contributed by atoms with Crippen LogP contribution in [0.1, 0.15) is 16.1 Å². The van der Waals surface area contributed by atoms with E-state index < -0.39 is 0 Å². The molecule has 1 amide bonds. The number of aromatic amines is 1. The Balaban J connectivity index is 1.74. The number of pyridine rings is 2. The first-order chi connectivity index (χ1) is 14.2. The van der Waals surface area contributed by atoms with Gasteiger partial charge in [0, 0.05) is 18.0 Å². The molecule has 1 aromatic carbocycles. The molecule has 0 aliphatic rings. The van der Waals surface area contributed by atoms with Gasteiger partial charge in [-0.05, 0) is 36.4 Å². The highest BCUT2D eigenvalue weighted by Gasteiger charge is 2.22. The molecule has 0 radical (unpaired) electrons. The fraction of sp³-hybridized carbons (Fsp3) is 0. The van der Waals surface area contributed by atoms with Crippen LogP contribution in [0.2, 0.25) is 0 Å². The highest BCUT2D eigenvalue weighted by atomic mass is 16.2. The van der Waals surface area contributed by atoms with Gasteiger partial charge in [0.15, 0.2) is 5.69 Å². The number of carbonyl (C=O) groups excluding carboxylic acids is 1. The molecule has 0 spiro atoms. The number of nitrogens with one attached hydrogen (secondary N) is 2. The molecule has 0 unspecified atom stereocenters. The van der Waals surface area contributed by atoms with Crippen molar-refractivity contribution in [3.05, 3.63) is 107 Å². The van der Waals surface area contributed by atoms with Crippen molar-refractivity contribution in [2.24, 2.45) is 5.10 Å². The van der Waals surface area contributed by atoms with Crippen molar-refractivity contribution in [3.8, 4) is 11.5 Å². The van der Waals surface area contributed by atoms with Gasteiger partial charge in [0.2, 0.25) is 0 Å².